The maximum Gasteiger partial charge on any atom is 0.279 e. The van der Waals surface area contributed by atoms with E-state index in [-0.39, 0.29) is 5.91 Å². The first kappa shape index (κ1) is 17.6. The average molecular weight is 394 g/mol. The Kier molecular flexibility index (Phi) is 4.34. The van der Waals surface area contributed by atoms with Crippen molar-refractivity contribution in [3.8, 4) is 11.1 Å². The van der Waals surface area contributed by atoms with E-state index < -0.39 is 0 Å². The van der Waals surface area contributed by atoms with Gasteiger partial charge in [0.25, 0.3) is 5.91 Å². The van der Waals surface area contributed by atoms with Gasteiger partial charge in [0.05, 0.1) is 10.2 Å². The monoisotopic (exact) mass is 394 g/mol. The third-order valence-electron chi connectivity index (χ3n) is 5.14. The summed E-state index contributed by atoms with van der Waals surface area (Å²) in [5.74, 6) is -0.226. The summed E-state index contributed by atoms with van der Waals surface area (Å²) in [6, 6.07) is 30.2. The van der Waals surface area contributed by atoms with Crippen molar-refractivity contribution in [2.75, 3.05) is 0 Å². The number of aryl methyl sites for hydroxylation is 1. The normalized spacial score (nSPS) is 12.0. The second kappa shape index (κ2) is 7.15. The Morgan fingerprint density at radius 2 is 1.48 bits per heavy atom. The molecule has 0 radical (unpaired) electrons. The van der Waals surface area contributed by atoms with E-state index in [0.717, 1.165) is 21.3 Å². The van der Waals surface area contributed by atoms with Crippen molar-refractivity contribution < 1.29 is 4.79 Å². The van der Waals surface area contributed by atoms with Crippen LogP contribution in [0.2, 0.25) is 0 Å². The number of aromatic nitrogens is 1. The largest absolute Gasteiger partial charge is 0.319 e. The number of hydrogen-bond acceptors (Lipinski definition) is 2. The summed E-state index contributed by atoms with van der Waals surface area (Å²) < 4.78 is 3.14. The van der Waals surface area contributed by atoms with E-state index in [2.05, 4.69) is 41.4 Å². The smallest absolute Gasteiger partial charge is 0.279 e. The number of carbonyl (C=O) groups is 1. The van der Waals surface area contributed by atoms with Gasteiger partial charge in [0.1, 0.15) is 0 Å². The van der Waals surface area contributed by atoms with E-state index in [1.54, 1.807) is 11.3 Å². The molecule has 0 aliphatic rings. The lowest BCUT2D eigenvalue weighted by atomic mass is 10.0. The molecule has 0 fully saturated rings. The second-order valence-electron chi connectivity index (χ2n) is 6.94. The van der Waals surface area contributed by atoms with Crippen LogP contribution >= 0.6 is 11.3 Å². The summed E-state index contributed by atoms with van der Waals surface area (Å²) >= 11 is 1.55. The highest BCUT2D eigenvalue weighted by molar-refractivity contribution is 7.17. The van der Waals surface area contributed by atoms with Gasteiger partial charge in [-0.15, -0.1) is 0 Å². The zero-order valence-electron chi connectivity index (χ0n) is 15.9. The first-order chi connectivity index (χ1) is 14.2. The molecule has 0 saturated heterocycles. The number of amides is 1. The summed E-state index contributed by atoms with van der Waals surface area (Å²) in [6.45, 7) is 0. The van der Waals surface area contributed by atoms with Gasteiger partial charge in [0.2, 0.25) is 0 Å². The molecule has 4 heteroatoms. The number of thiazole rings is 1. The van der Waals surface area contributed by atoms with Crippen LogP contribution in [-0.4, -0.2) is 10.5 Å². The zero-order chi connectivity index (χ0) is 19.8. The van der Waals surface area contributed by atoms with Crippen LogP contribution in [-0.2, 0) is 7.05 Å². The van der Waals surface area contributed by atoms with Gasteiger partial charge >= 0.3 is 0 Å². The minimum Gasteiger partial charge on any atom is -0.319 e. The second-order valence-corrected chi connectivity index (χ2v) is 7.92. The summed E-state index contributed by atoms with van der Waals surface area (Å²) in [5, 5.41) is 2.38. The highest BCUT2D eigenvalue weighted by Gasteiger charge is 2.10. The fraction of sp³-hybridized carbons (Fsp3) is 0.0400. The van der Waals surface area contributed by atoms with Gasteiger partial charge in [-0.2, -0.15) is 4.99 Å². The number of fused-ring (bicyclic) bond motifs is 3. The van der Waals surface area contributed by atoms with Gasteiger partial charge in [0.15, 0.2) is 4.80 Å². The van der Waals surface area contributed by atoms with Gasteiger partial charge in [0, 0.05) is 18.0 Å². The molecule has 29 heavy (non-hydrogen) atoms. The molecule has 4 aromatic carbocycles. The molecule has 0 atom stereocenters. The average Bonchev–Trinajstić information content (AvgIpc) is 3.10. The first-order valence-corrected chi connectivity index (χ1v) is 10.2. The Bertz CT molecular complexity index is 1410. The Labute approximate surface area is 172 Å². The molecule has 0 aliphatic heterocycles. The maximum absolute atomic E-state index is 12.8. The number of rotatable bonds is 2. The van der Waals surface area contributed by atoms with E-state index in [0.29, 0.717) is 10.4 Å². The lowest BCUT2D eigenvalue weighted by Gasteiger charge is -2.02. The highest BCUT2D eigenvalue weighted by atomic mass is 32.1. The topological polar surface area (TPSA) is 34.4 Å². The van der Waals surface area contributed by atoms with Crippen molar-refractivity contribution in [3.05, 3.63) is 101 Å². The molecule has 0 aliphatic carbocycles. The molecule has 0 unspecified atom stereocenters. The van der Waals surface area contributed by atoms with E-state index in [4.69, 9.17) is 0 Å². The minimum atomic E-state index is -0.226. The molecule has 1 heterocycles. The predicted molar refractivity (Wildman–Crippen MR) is 120 cm³/mol. The Morgan fingerprint density at radius 1 is 0.793 bits per heavy atom. The summed E-state index contributed by atoms with van der Waals surface area (Å²) in [5.41, 5.74) is 3.89. The molecular weight excluding hydrogens is 376 g/mol. The lowest BCUT2D eigenvalue weighted by molar-refractivity contribution is 0.0998. The first-order valence-electron chi connectivity index (χ1n) is 9.42. The number of benzene rings is 4. The van der Waals surface area contributed by atoms with Crippen molar-refractivity contribution >= 4 is 38.2 Å². The number of carbonyl (C=O) groups excluding carboxylic acids is 1. The van der Waals surface area contributed by atoms with Crippen LogP contribution in [0.25, 0.3) is 32.1 Å². The van der Waals surface area contributed by atoms with Crippen LogP contribution in [0, 0.1) is 0 Å². The zero-order valence-corrected chi connectivity index (χ0v) is 16.7. The SMILES string of the molecule is Cn1c(=NC(=O)c2ccc(-c3ccccc3)cc2)sc2c3ccccc3ccc21. The minimum absolute atomic E-state index is 0.226. The highest BCUT2D eigenvalue weighted by Crippen LogP contribution is 2.27. The summed E-state index contributed by atoms with van der Waals surface area (Å²) in [7, 11) is 1.96. The van der Waals surface area contributed by atoms with Crippen molar-refractivity contribution in [3.63, 3.8) is 0 Å². The van der Waals surface area contributed by atoms with Crippen LogP contribution in [0.4, 0.5) is 0 Å². The fourth-order valence-corrected chi connectivity index (χ4v) is 4.70. The van der Waals surface area contributed by atoms with Gasteiger partial charge in [-0.1, -0.05) is 84.1 Å². The maximum atomic E-state index is 12.8. The van der Waals surface area contributed by atoms with Crippen LogP contribution in [0.5, 0.6) is 0 Å². The number of nitrogens with zero attached hydrogens (tertiary/aromatic N) is 2. The molecule has 0 bridgehead atoms. The van der Waals surface area contributed by atoms with Crippen molar-refractivity contribution in [1.29, 1.82) is 0 Å². The van der Waals surface area contributed by atoms with Crippen LogP contribution in [0.3, 0.4) is 0 Å². The molecule has 0 saturated carbocycles. The number of hydrogen-bond donors (Lipinski definition) is 0. The third-order valence-corrected chi connectivity index (χ3v) is 6.32. The molecule has 1 amide bonds. The Hall–Kier alpha value is -3.50. The van der Waals surface area contributed by atoms with E-state index in [9.17, 15) is 4.79 Å². The van der Waals surface area contributed by atoms with E-state index >= 15 is 0 Å². The van der Waals surface area contributed by atoms with Gasteiger partial charge in [-0.25, -0.2) is 0 Å². The third kappa shape index (κ3) is 3.18. The van der Waals surface area contributed by atoms with Crippen LogP contribution in [0.1, 0.15) is 10.4 Å². The van der Waals surface area contributed by atoms with Crippen LogP contribution in [0.15, 0.2) is 96.0 Å². The van der Waals surface area contributed by atoms with Crippen molar-refractivity contribution in [2.45, 2.75) is 0 Å². The van der Waals surface area contributed by atoms with Gasteiger partial charge in [-0.3, -0.25) is 4.79 Å². The van der Waals surface area contributed by atoms with Gasteiger partial charge < -0.3 is 4.57 Å². The molecule has 5 aromatic rings. The Morgan fingerprint density at radius 3 is 2.28 bits per heavy atom. The quantitative estimate of drug-likeness (QED) is 0.372. The van der Waals surface area contributed by atoms with Crippen molar-refractivity contribution in [2.24, 2.45) is 12.0 Å². The molecular formula is C25H18N2OS. The molecule has 0 spiro atoms. The summed E-state index contributed by atoms with van der Waals surface area (Å²) in [6.07, 6.45) is 0. The summed E-state index contributed by atoms with van der Waals surface area (Å²) in [4.78, 5) is 17.9. The predicted octanol–water partition coefficient (Wildman–Crippen LogP) is 5.80. The standard InChI is InChI=1S/C25H18N2OS/c1-27-22-16-15-19-9-5-6-10-21(19)23(22)29-25(27)26-24(28)20-13-11-18(12-14-20)17-7-3-2-4-8-17/h2-16H,1H3. The molecule has 0 N–H and O–H groups in total. The van der Waals surface area contributed by atoms with E-state index in [1.807, 2.05) is 66.2 Å². The molecule has 1 aromatic heterocycles. The fourth-order valence-electron chi connectivity index (χ4n) is 3.55. The van der Waals surface area contributed by atoms with Crippen LogP contribution < -0.4 is 4.80 Å². The van der Waals surface area contributed by atoms with E-state index in [1.165, 1.54) is 10.8 Å². The van der Waals surface area contributed by atoms with Gasteiger partial charge in [-0.05, 0) is 34.7 Å². The van der Waals surface area contributed by atoms with Crippen molar-refractivity contribution in [1.82, 2.24) is 4.57 Å². The lowest BCUT2D eigenvalue weighted by Crippen LogP contribution is -2.13. The molecule has 3 nitrogen and oxygen atoms in total. The molecule has 5 rings (SSSR count). The molecule has 140 valence electrons. The Balaban J connectivity index is 1.55.